The minimum absolute atomic E-state index is 0. The summed E-state index contributed by atoms with van der Waals surface area (Å²) in [5.74, 6) is -0.817. The smallest absolute Gasteiger partial charge is 0.184 e. The molecular formula is C9H6FNaO2-. The number of allylic oxidation sites excluding steroid dienone is 1. The molecule has 0 saturated heterocycles. The average molecular weight is 188 g/mol. The van der Waals surface area contributed by atoms with Gasteiger partial charge >= 0.3 is 0 Å². The maximum Gasteiger partial charge on any atom is 0.184 e. The van der Waals surface area contributed by atoms with Gasteiger partial charge in [-0.25, -0.2) is 4.39 Å². The fraction of sp³-hybridized carbons (Fsp3) is 0. The van der Waals surface area contributed by atoms with Gasteiger partial charge in [0.2, 0.25) is 0 Å². The molecule has 0 bridgehead atoms. The van der Waals surface area contributed by atoms with Crippen LogP contribution in [-0.2, 0) is 0 Å². The maximum absolute atomic E-state index is 12.3. The molecule has 0 fully saturated rings. The molecule has 0 unspecified atom stereocenters. The van der Waals surface area contributed by atoms with Crippen molar-refractivity contribution in [3.05, 3.63) is 48.0 Å². The number of hydrogen-bond acceptors (Lipinski definition) is 2. The van der Waals surface area contributed by atoms with Crippen molar-refractivity contribution < 1.29 is 14.3 Å². The van der Waals surface area contributed by atoms with Gasteiger partial charge in [0.25, 0.3) is 0 Å². The minimum Gasteiger partial charge on any atom is -0.878 e. The summed E-state index contributed by atoms with van der Waals surface area (Å²) in [6.45, 7) is 0. The van der Waals surface area contributed by atoms with E-state index in [-0.39, 0.29) is 29.6 Å². The third-order valence-electron chi connectivity index (χ3n) is 1.35. The van der Waals surface area contributed by atoms with Crippen LogP contribution in [0.4, 0.5) is 4.39 Å². The van der Waals surface area contributed by atoms with Crippen molar-refractivity contribution in [1.82, 2.24) is 0 Å². The van der Waals surface area contributed by atoms with Crippen LogP contribution in [0, 0.1) is 5.82 Å². The third kappa shape index (κ3) is 3.72. The van der Waals surface area contributed by atoms with Crippen LogP contribution in [0.1, 0.15) is 10.4 Å². The van der Waals surface area contributed by atoms with Gasteiger partial charge in [-0.2, -0.15) is 0 Å². The Labute approximate surface area is 97.4 Å². The van der Waals surface area contributed by atoms with Gasteiger partial charge in [-0.05, 0) is 30.3 Å². The van der Waals surface area contributed by atoms with Gasteiger partial charge in [0, 0.05) is 35.1 Å². The average Bonchev–Trinajstić information content (AvgIpc) is 2.06. The molecule has 0 heterocycles. The van der Waals surface area contributed by atoms with Crippen LogP contribution < -0.4 is 5.11 Å². The Bertz CT molecular complexity index is 306. The molecule has 0 amide bonds. The van der Waals surface area contributed by atoms with Crippen LogP contribution in [0.25, 0.3) is 0 Å². The van der Waals surface area contributed by atoms with E-state index in [4.69, 9.17) is 0 Å². The summed E-state index contributed by atoms with van der Waals surface area (Å²) in [5, 5.41) is 9.91. The first-order chi connectivity index (χ1) is 5.74. The van der Waals surface area contributed by atoms with Crippen molar-refractivity contribution in [3.63, 3.8) is 0 Å². The fourth-order valence-electron chi connectivity index (χ4n) is 0.772. The molecule has 0 aliphatic rings. The monoisotopic (exact) mass is 188 g/mol. The molecule has 0 atom stereocenters. The van der Waals surface area contributed by atoms with Crippen LogP contribution in [0.3, 0.4) is 0 Å². The Balaban J connectivity index is 0.00000144. The molecule has 4 heteroatoms. The maximum atomic E-state index is 12.3. The van der Waals surface area contributed by atoms with Crippen LogP contribution in [0.15, 0.2) is 36.6 Å². The van der Waals surface area contributed by atoms with Crippen molar-refractivity contribution in [2.45, 2.75) is 0 Å². The van der Waals surface area contributed by atoms with Gasteiger partial charge in [-0.15, -0.1) is 6.26 Å². The molecule has 0 N–H and O–H groups in total. The van der Waals surface area contributed by atoms with E-state index in [0.29, 0.717) is 11.8 Å². The Morgan fingerprint density at radius 1 is 1.31 bits per heavy atom. The summed E-state index contributed by atoms with van der Waals surface area (Å²) < 4.78 is 12.3. The first-order valence-corrected chi connectivity index (χ1v) is 3.32. The Kier molecular flexibility index (Phi) is 5.62. The Morgan fingerprint density at radius 3 is 2.31 bits per heavy atom. The van der Waals surface area contributed by atoms with Crippen molar-refractivity contribution in [3.8, 4) is 0 Å². The van der Waals surface area contributed by atoms with Crippen molar-refractivity contribution in [1.29, 1.82) is 0 Å². The van der Waals surface area contributed by atoms with Crippen LogP contribution in [0.5, 0.6) is 0 Å². The molecule has 0 aliphatic heterocycles. The standard InChI is InChI=1S/C9H7FO2.Na/c10-8-3-1-7(2-4-8)9(12)5-6-11;/h1-6,11H;/p-1/b6-5+;. The van der Waals surface area contributed by atoms with Crippen molar-refractivity contribution in [2.24, 2.45) is 0 Å². The Morgan fingerprint density at radius 2 is 1.85 bits per heavy atom. The molecule has 1 radical (unpaired) electrons. The molecule has 63 valence electrons. The second kappa shape index (κ2) is 5.91. The van der Waals surface area contributed by atoms with Crippen LogP contribution >= 0.6 is 0 Å². The van der Waals surface area contributed by atoms with Crippen LogP contribution in [0.2, 0.25) is 0 Å². The number of ketones is 1. The molecule has 1 aromatic carbocycles. The molecule has 0 spiro atoms. The number of carbonyl (C=O) groups is 1. The van der Waals surface area contributed by atoms with E-state index >= 15 is 0 Å². The van der Waals surface area contributed by atoms with Gasteiger partial charge in [0.15, 0.2) is 5.78 Å². The van der Waals surface area contributed by atoms with Gasteiger partial charge < -0.3 is 5.11 Å². The third-order valence-corrected chi connectivity index (χ3v) is 1.35. The predicted molar refractivity (Wildman–Crippen MR) is 45.6 cm³/mol. The number of rotatable bonds is 2. The zero-order valence-corrected chi connectivity index (χ0v) is 9.16. The normalized spacial score (nSPS) is 9.62. The number of halogens is 1. The topological polar surface area (TPSA) is 40.1 Å². The summed E-state index contributed by atoms with van der Waals surface area (Å²) in [4.78, 5) is 10.9. The molecular weight excluding hydrogens is 182 g/mol. The second-order valence-corrected chi connectivity index (χ2v) is 2.17. The van der Waals surface area contributed by atoms with Gasteiger partial charge in [-0.1, -0.05) is 0 Å². The van der Waals surface area contributed by atoms with E-state index in [1.807, 2.05) is 0 Å². The molecule has 1 rings (SSSR count). The zero-order chi connectivity index (χ0) is 8.97. The molecule has 0 aliphatic carbocycles. The van der Waals surface area contributed by atoms with E-state index in [1.54, 1.807) is 0 Å². The summed E-state index contributed by atoms with van der Waals surface area (Å²) in [6.07, 6.45) is 1.30. The van der Waals surface area contributed by atoms with Gasteiger partial charge in [0.05, 0.1) is 0 Å². The fourth-order valence-corrected chi connectivity index (χ4v) is 0.772. The number of carbonyl (C=O) groups excluding carboxylic acids is 1. The van der Waals surface area contributed by atoms with E-state index in [2.05, 4.69) is 0 Å². The van der Waals surface area contributed by atoms with E-state index in [0.717, 1.165) is 6.08 Å². The Hall–Kier alpha value is -0.640. The first kappa shape index (κ1) is 12.4. The summed E-state index contributed by atoms with van der Waals surface area (Å²) >= 11 is 0. The van der Waals surface area contributed by atoms with Crippen molar-refractivity contribution in [2.75, 3.05) is 0 Å². The van der Waals surface area contributed by atoms with E-state index in [1.165, 1.54) is 24.3 Å². The second-order valence-electron chi connectivity index (χ2n) is 2.17. The minimum atomic E-state index is -0.412. The quantitative estimate of drug-likeness (QED) is 0.293. The zero-order valence-electron chi connectivity index (χ0n) is 7.16. The van der Waals surface area contributed by atoms with Crippen molar-refractivity contribution >= 4 is 35.3 Å². The molecule has 0 saturated carbocycles. The van der Waals surface area contributed by atoms with E-state index in [9.17, 15) is 14.3 Å². The number of benzene rings is 1. The SMILES string of the molecule is O=C(/C=C/[O-])c1ccc(F)cc1.[Na]. The van der Waals surface area contributed by atoms with E-state index < -0.39 is 11.6 Å². The summed E-state index contributed by atoms with van der Waals surface area (Å²) in [5.41, 5.74) is 0.309. The molecule has 0 aromatic heterocycles. The summed E-state index contributed by atoms with van der Waals surface area (Å²) in [6, 6.07) is 5.01. The molecule has 1 aromatic rings. The summed E-state index contributed by atoms with van der Waals surface area (Å²) in [7, 11) is 0. The molecule has 2 nitrogen and oxygen atoms in total. The first-order valence-electron chi connectivity index (χ1n) is 3.32. The van der Waals surface area contributed by atoms with Gasteiger partial charge in [-0.3, -0.25) is 4.79 Å². The van der Waals surface area contributed by atoms with Gasteiger partial charge in [0.1, 0.15) is 5.82 Å². The molecule has 13 heavy (non-hydrogen) atoms. The number of hydrogen-bond donors (Lipinski definition) is 0. The largest absolute Gasteiger partial charge is 0.878 e. The van der Waals surface area contributed by atoms with Crippen LogP contribution in [-0.4, -0.2) is 35.3 Å². The predicted octanol–water partition coefficient (Wildman–Crippen LogP) is 0.502.